The first-order chi connectivity index (χ1) is 10.3. The van der Waals surface area contributed by atoms with Gasteiger partial charge in [-0.3, -0.25) is 10.1 Å². The van der Waals surface area contributed by atoms with Gasteiger partial charge in [-0.2, -0.15) is 0 Å². The Kier molecular flexibility index (Phi) is 4.90. The van der Waals surface area contributed by atoms with Gasteiger partial charge in [-0.1, -0.05) is 24.7 Å². The molecule has 0 fully saturated rings. The highest BCUT2D eigenvalue weighted by atomic mass is 32.1. The van der Waals surface area contributed by atoms with Crippen LogP contribution in [0.1, 0.15) is 18.0 Å². The van der Waals surface area contributed by atoms with Gasteiger partial charge in [0.15, 0.2) is 5.13 Å². The summed E-state index contributed by atoms with van der Waals surface area (Å²) in [5.74, 6) is 0.494. The number of carbonyl (C=O) groups is 1. The van der Waals surface area contributed by atoms with E-state index in [2.05, 4.69) is 15.5 Å². The van der Waals surface area contributed by atoms with Crippen LogP contribution in [0, 0.1) is 0 Å². The number of carbonyl (C=O) groups excluding carboxylic acids is 1. The van der Waals surface area contributed by atoms with Crippen LogP contribution in [-0.4, -0.2) is 23.2 Å². The number of nitrogens with one attached hydrogen (secondary N) is 1. The van der Waals surface area contributed by atoms with Crippen LogP contribution in [0.4, 0.5) is 5.13 Å². The van der Waals surface area contributed by atoms with Gasteiger partial charge in [0.1, 0.15) is 5.75 Å². The largest absolute Gasteiger partial charge is 0.496 e. The van der Waals surface area contributed by atoms with Crippen molar-refractivity contribution < 1.29 is 14.1 Å². The molecule has 7 heteroatoms. The molecule has 0 radical (unpaired) electrons. The molecular weight excluding hydrogens is 302 g/mol. The van der Waals surface area contributed by atoms with E-state index < -0.39 is 0 Å². The third-order valence-corrected chi connectivity index (χ3v) is 3.53. The summed E-state index contributed by atoms with van der Waals surface area (Å²) in [4.78, 5) is 16.2. The number of thiazole rings is 1. The van der Waals surface area contributed by atoms with Gasteiger partial charge in [0, 0.05) is 17.0 Å². The summed E-state index contributed by atoms with van der Waals surface area (Å²) in [5, 5.41) is 8.50. The van der Waals surface area contributed by atoms with Crippen LogP contribution < -0.4 is 10.1 Å². The Labute approximate surface area is 131 Å². The van der Waals surface area contributed by atoms with E-state index in [-0.39, 0.29) is 19.1 Å². The van der Waals surface area contributed by atoms with Gasteiger partial charge in [-0.25, -0.2) is 4.98 Å². The molecule has 1 aromatic carbocycles. The molecule has 114 valence electrons. The van der Waals surface area contributed by atoms with Crippen molar-refractivity contribution in [3.8, 4) is 17.0 Å². The van der Waals surface area contributed by atoms with E-state index in [1.807, 2.05) is 29.6 Å². The van der Waals surface area contributed by atoms with E-state index in [0.717, 1.165) is 17.0 Å². The van der Waals surface area contributed by atoms with E-state index in [9.17, 15) is 4.79 Å². The Morgan fingerprint density at radius 1 is 1.32 bits per heavy atom. The summed E-state index contributed by atoms with van der Waals surface area (Å²) in [6.07, 6.45) is 1.41. The first-order valence-electron chi connectivity index (χ1n) is 6.09. The van der Waals surface area contributed by atoms with E-state index >= 15 is 0 Å². The smallest absolute Gasteiger partial charge is 0.296 e. The van der Waals surface area contributed by atoms with Gasteiger partial charge in [0.2, 0.25) is 5.76 Å². The molecule has 0 bridgehead atoms. The second-order valence-corrected chi connectivity index (χ2v) is 4.93. The molecule has 1 N–H and O–H groups in total. The molecular formula is C15H15N3O3S. The lowest BCUT2D eigenvalue weighted by Crippen LogP contribution is -2.10. The number of nitrogens with zero attached hydrogens (tertiary/aromatic N) is 2. The molecule has 0 aliphatic heterocycles. The molecule has 3 rings (SSSR count). The summed E-state index contributed by atoms with van der Waals surface area (Å²) in [7, 11) is 1.61. The van der Waals surface area contributed by atoms with E-state index in [1.54, 1.807) is 7.11 Å². The van der Waals surface area contributed by atoms with E-state index in [0.29, 0.717) is 5.13 Å². The second kappa shape index (κ2) is 6.86. The van der Waals surface area contributed by atoms with Crippen molar-refractivity contribution in [1.82, 2.24) is 10.1 Å². The minimum atomic E-state index is -0.381. The Hall–Kier alpha value is -2.67. The molecule has 0 aliphatic carbocycles. The lowest BCUT2D eigenvalue weighted by atomic mass is 10.1. The maximum atomic E-state index is 11.8. The molecule has 2 heterocycles. The highest BCUT2D eigenvalue weighted by Crippen LogP contribution is 2.31. The third kappa shape index (κ3) is 3.15. The van der Waals surface area contributed by atoms with Gasteiger partial charge in [-0.15, -0.1) is 11.3 Å². The molecule has 0 atom stereocenters. The van der Waals surface area contributed by atoms with Gasteiger partial charge in [-0.05, 0) is 12.1 Å². The van der Waals surface area contributed by atoms with Crippen molar-refractivity contribution in [2.75, 3.05) is 12.4 Å². The first kappa shape index (κ1) is 15.7. The van der Waals surface area contributed by atoms with Crippen molar-refractivity contribution in [1.29, 1.82) is 0 Å². The fraction of sp³-hybridized carbons (Fsp3) is 0.133. The number of ether oxygens (including phenoxy) is 1. The lowest BCUT2D eigenvalue weighted by molar-refractivity contribution is 0.0988. The number of amides is 1. The molecule has 6 nitrogen and oxygen atoms in total. The average molecular weight is 317 g/mol. The normalized spacial score (nSPS) is 9.86. The standard InChI is InChI=1S/C14H11N3O3S.CH4/c1-19-11-5-3-2-4-9(11)10-8-21-14(16-10)17-13(18)12-6-7-15-20-12;/h2-8H,1H3,(H,16,17,18);1H4. The molecule has 0 saturated heterocycles. The highest BCUT2D eigenvalue weighted by molar-refractivity contribution is 7.14. The van der Waals surface area contributed by atoms with E-state index in [1.165, 1.54) is 23.6 Å². The molecule has 0 spiro atoms. The molecule has 0 saturated carbocycles. The Bertz CT molecular complexity index is 753. The average Bonchev–Trinajstić information content (AvgIpc) is 3.18. The monoisotopic (exact) mass is 317 g/mol. The SMILES string of the molecule is C.COc1ccccc1-c1csc(NC(=O)c2ccno2)n1. The molecule has 2 aromatic heterocycles. The fourth-order valence-corrected chi connectivity index (χ4v) is 2.51. The Morgan fingerprint density at radius 2 is 2.14 bits per heavy atom. The number of para-hydroxylation sites is 1. The number of benzene rings is 1. The van der Waals surface area contributed by atoms with Gasteiger partial charge in [0.05, 0.1) is 19.0 Å². The molecule has 22 heavy (non-hydrogen) atoms. The summed E-state index contributed by atoms with van der Waals surface area (Å²) < 4.78 is 10.1. The summed E-state index contributed by atoms with van der Waals surface area (Å²) in [6, 6.07) is 9.06. The van der Waals surface area contributed by atoms with Crippen molar-refractivity contribution in [2.45, 2.75) is 7.43 Å². The zero-order chi connectivity index (χ0) is 14.7. The number of rotatable bonds is 4. The van der Waals surface area contributed by atoms with Crippen molar-refractivity contribution in [3.05, 3.63) is 47.7 Å². The van der Waals surface area contributed by atoms with Crippen molar-refractivity contribution in [3.63, 3.8) is 0 Å². The number of anilines is 1. The maximum absolute atomic E-state index is 11.8. The van der Waals surface area contributed by atoms with Gasteiger partial charge < -0.3 is 9.26 Å². The van der Waals surface area contributed by atoms with Crippen LogP contribution in [0.3, 0.4) is 0 Å². The predicted octanol–water partition coefficient (Wildman–Crippen LogP) is 3.70. The minimum Gasteiger partial charge on any atom is -0.496 e. The molecule has 1 amide bonds. The summed E-state index contributed by atoms with van der Waals surface area (Å²) >= 11 is 1.33. The molecule has 3 aromatic rings. The number of aromatic nitrogens is 2. The summed E-state index contributed by atoms with van der Waals surface area (Å²) in [5.41, 5.74) is 1.61. The van der Waals surface area contributed by atoms with Crippen LogP contribution in [0.15, 0.2) is 46.4 Å². The van der Waals surface area contributed by atoms with Crippen molar-refractivity contribution in [2.24, 2.45) is 0 Å². The quantitative estimate of drug-likeness (QED) is 0.794. The lowest BCUT2D eigenvalue weighted by Gasteiger charge is -2.04. The molecule has 0 aliphatic rings. The van der Waals surface area contributed by atoms with Crippen LogP contribution >= 0.6 is 11.3 Å². The van der Waals surface area contributed by atoms with E-state index in [4.69, 9.17) is 9.26 Å². The van der Waals surface area contributed by atoms with Gasteiger partial charge >= 0.3 is 0 Å². The zero-order valence-electron chi connectivity index (χ0n) is 11.1. The first-order valence-corrected chi connectivity index (χ1v) is 6.97. The van der Waals surface area contributed by atoms with Crippen LogP contribution in [-0.2, 0) is 0 Å². The Morgan fingerprint density at radius 3 is 2.86 bits per heavy atom. The maximum Gasteiger partial charge on any atom is 0.296 e. The summed E-state index contributed by atoms with van der Waals surface area (Å²) in [6.45, 7) is 0. The third-order valence-electron chi connectivity index (χ3n) is 2.77. The number of hydrogen-bond donors (Lipinski definition) is 1. The van der Waals surface area contributed by atoms with Crippen LogP contribution in [0.2, 0.25) is 0 Å². The number of methoxy groups -OCH3 is 1. The second-order valence-electron chi connectivity index (χ2n) is 4.07. The fourth-order valence-electron chi connectivity index (χ4n) is 1.80. The molecule has 0 unspecified atom stereocenters. The van der Waals surface area contributed by atoms with Crippen LogP contribution in [0.5, 0.6) is 5.75 Å². The predicted molar refractivity (Wildman–Crippen MR) is 85.3 cm³/mol. The topological polar surface area (TPSA) is 77.2 Å². The van der Waals surface area contributed by atoms with Crippen molar-refractivity contribution >= 4 is 22.4 Å². The Balaban J connectivity index is 0.00000176. The zero-order valence-corrected chi connectivity index (χ0v) is 11.9. The van der Waals surface area contributed by atoms with Crippen LogP contribution in [0.25, 0.3) is 11.3 Å². The number of hydrogen-bond acceptors (Lipinski definition) is 6. The highest BCUT2D eigenvalue weighted by Gasteiger charge is 2.14. The minimum absolute atomic E-state index is 0. The van der Waals surface area contributed by atoms with Gasteiger partial charge in [0.25, 0.3) is 5.91 Å².